The highest BCUT2D eigenvalue weighted by molar-refractivity contribution is 5.76. The molecule has 1 aliphatic rings. The molecule has 0 N–H and O–H groups in total. The summed E-state index contributed by atoms with van der Waals surface area (Å²) >= 11 is 0. The highest BCUT2D eigenvalue weighted by Gasteiger charge is 2.23. The van der Waals surface area contributed by atoms with E-state index in [1.54, 1.807) is 6.20 Å². The summed E-state index contributed by atoms with van der Waals surface area (Å²) in [7, 11) is 0. The van der Waals surface area contributed by atoms with Gasteiger partial charge in [0.15, 0.2) is 11.7 Å². The average Bonchev–Trinajstić information content (AvgIpc) is 3.33. The van der Waals surface area contributed by atoms with E-state index in [0.29, 0.717) is 31.7 Å². The summed E-state index contributed by atoms with van der Waals surface area (Å²) in [5.41, 5.74) is 2.16. The minimum absolute atomic E-state index is 0.127. The number of amides is 1. The van der Waals surface area contributed by atoms with Gasteiger partial charge < -0.3 is 14.1 Å². The first kappa shape index (κ1) is 23.2. The third-order valence-electron chi connectivity index (χ3n) is 6.07. The van der Waals surface area contributed by atoms with Crippen molar-refractivity contribution in [2.24, 2.45) is 0 Å². The molecular weight excluding hydrogens is 414 g/mol. The van der Waals surface area contributed by atoms with Crippen LogP contribution in [0.5, 0.6) is 0 Å². The predicted octanol–water partition coefficient (Wildman–Crippen LogP) is 4.41. The number of aromatic nitrogens is 1. The number of carbonyl (C=O) groups is 1. The van der Waals surface area contributed by atoms with E-state index >= 15 is 0 Å². The molecule has 33 heavy (non-hydrogen) atoms. The Bertz CT molecular complexity index is 984. The first-order chi connectivity index (χ1) is 16.2. The summed E-state index contributed by atoms with van der Waals surface area (Å²) in [4.78, 5) is 22.1. The molecule has 6 nitrogen and oxygen atoms in total. The Hall–Kier alpha value is -2.96. The zero-order valence-corrected chi connectivity index (χ0v) is 19.4. The van der Waals surface area contributed by atoms with Gasteiger partial charge in [0.05, 0.1) is 19.4 Å². The molecule has 1 unspecified atom stereocenters. The number of aryl methyl sites for hydroxylation is 1. The lowest BCUT2D eigenvalue weighted by molar-refractivity contribution is -0.134. The van der Waals surface area contributed by atoms with Crippen molar-refractivity contribution < 1.29 is 13.9 Å². The standard InChI is InChI=1S/C27H33N3O3/c1-22(20-29-15-17-32-18-16-29)30(21-23-9-4-2-5-10-23)27(31)14-8-13-26-28-19-25(33-26)24-11-6-3-7-12-24/h2-7,9-12,19,22H,8,13-18,20-21H2,1H3. The molecule has 0 saturated carbocycles. The Kier molecular flexibility index (Phi) is 8.28. The van der Waals surface area contributed by atoms with Gasteiger partial charge in [-0.15, -0.1) is 0 Å². The Morgan fingerprint density at radius 2 is 1.76 bits per heavy atom. The van der Waals surface area contributed by atoms with Crippen LogP contribution < -0.4 is 0 Å². The number of hydrogen-bond donors (Lipinski definition) is 0. The molecule has 0 bridgehead atoms. The maximum atomic E-state index is 13.3. The zero-order chi connectivity index (χ0) is 22.9. The summed E-state index contributed by atoms with van der Waals surface area (Å²) in [6.07, 6.45) is 3.60. The second-order valence-electron chi connectivity index (χ2n) is 8.61. The maximum absolute atomic E-state index is 13.3. The van der Waals surface area contributed by atoms with E-state index in [4.69, 9.17) is 9.15 Å². The number of carbonyl (C=O) groups excluding carboxylic acids is 1. The topological polar surface area (TPSA) is 58.8 Å². The van der Waals surface area contributed by atoms with E-state index in [1.165, 1.54) is 0 Å². The smallest absolute Gasteiger partial charge is 0.223 e. The van der Waals surface area contributed by atoms with Gasteiger partial charge in [-0.25, -0.2) is 4.98 Å². The van der Waals surface area contributed by atoms with E-state index in [2.05, 4.69) is 28.9 Å². The van der Waals surface area contributed by atoms with Gasteiger partial charge in [-0.3, -0.25) is 9.69 Å². The Morgan fingerprint density at radius 3 is 2.48 bits per heavy atom. The van der Waals surface area contributed by atoms with Crippen molar-refractivity contribution in [2.75, 3.05) is 32.8 Å². The Morgan fingerprint density at radius 1 is 1.06 bits per heavy atom. The van der Waals surface area contributed by atoms with Gasteiger partial charge in [-0.1, -0.05) is 60.7 Å². The van der Waals surface area contributed by atoms with Crippen LogP contribution in [-0.4, -0.2) is 59.6 Å². The predicted molar refractivity (Wildman–Crippen MR) is 129 cm³/mol. The van der Waals surface area contributed by atoms with E-state index in [0.717, 1.165) is 49.7 Å². The third-order valence-corrected chi connectivity index (χ3v) is 6.07. The van der Waals surface area contributed by atoms with Gasteiger partial charge in [0, 0.05) is 50.6 Å². The second kappa shape index (κ2) is 11.8. The molecular formula is C27H33N3O3. The van der Waals surface area contributed by atoms with E-state index in [-0.39, 0.29) is 11.9 Å². The number of ether oxygens (including phenoxy) is 1. The fourth-order valence-electron chi connectivity index (χ4n) is 4.22. The molecule has 4 rings (SSSR count). The monoisotopic (exact) mass is 447 g/mol. The molecule has 1 amide bonds. The quantitative estimate of drug-likeness (QED) is 0.461. The van der Waals surface area contributed by atoms with Crippen LogP contribution in [0, 0.1) is 0 Å². The van der Waals surface area contributed by atoms with Crippen LogP contribution in [0.25, 0.3) is 11.3 Å². The number of nitrogens with zero attached hydrogens (tertiary/aromatic N) is 3. The summed E-state index contributed by atoms with van der Waals surface area (Å²) in [6.45, 7) is 7.01. The normalized spacial score (nSPS) is 15.3. The molecule has 3 aromatic rings. The highest BCUT2D eigenvalue weighted by atomic mass is 16.5. The maximum Gasteiger partial charge on any atom is 0.223 e. The molecule has 1 aliphatic heterocycles. The molecule has 0 aliphatic carbocycles. The summed E-state index contributed by atoms with van der Waals surface area (Å²) < 4.78 is 11.4. The number of morpholine rings is 1. The summed E-state index contributed by atoms with van der Waals surface area (Å²) in [5, 5.41) is 0. The SMILES string of the molecule is CC(CN1CCOCC1)N(Cc1ccccc1)C(=O)CCCc1ncc(-c2ccccc2)o1. The van der Waals surface area contributed by atoms with Crippen LogP contribution in [0.15, 0.2) is 71.3 Å². The van der Waals surface area contributed by atoms with Gasteiger partial charge in [-0.2, -0.15) is 0 Å². The summed E-state index contributed by atoms with van der Waals surface area (Å²) in [6, 6.07) is 20.3. The Balaban J connectivity index is 1.34. The van der Waals surface area contributed by atoms with Crippen LogP contribution in [0.2, 0.25) is 0 Å². The lowest BCUT2D eigenvalue weighted by Crippen LogP contribution is -2.47. The number of rotatable bonds is 10. The largest absolute Gasteiger partial charge is 0.441 e. The lowest BCUT2D eigenvalue weighted by atomic mass is 10.1. The molecule has 0 radical (unpaired) electrons. The molecule has 174 valence electrons. The van der Waals surface area contributed by atoms with Crippen molar-refractivity contribution in [3.05, 3.63) is 78.3 Å². The van der Waals surface area contributed by atoms with Gasteiger partial charge in [0.2, 0.25) is 5.91 Å². The number of benzene rings is 2. The zero-order valence-electron chi connectivity index (χ0n) is 19.4. The van der Waals surface area contributed by atoms with E-state index in [9.17, 15) is 4.79 Å². The van der Waals surface area contributed by atoms with Crippen LogP contribution in [-0.2, 0) is 22.5 Å². The average molecular weight is 448 g/mol. The van der Waals surface area contributed by atoms with Crippen molar-refractivity contribution in [3.8, 4) is 11.3 Å². The van der Waals surface area contributed by atoms with Crippen LogP contribution in [0.4, 0.5) is 0 Å². The molecule has 0 spiro atoms. The Labute approximate surface area is 196 Å². The first-order valence-electron chi connectivity index (χ1n) is 11.8. The molecule has 2 aromatic carbocycles. The molecule has 2 heterocycles. The van der Waals surface area contributed by atoms with Crippen molar-refractivity contribution in [3.63, 3.8) is 0 Å². The molecule has 1 fully saturated rings. The van der Waals surface area contributed by atoms with Crippen molar-refractivity contribution in [1.29, 1.82) is 0 Å². The highest BCUT2D eigenvalue weighted by Crippen LogP contribution is 2.21. The first-order valence-corrected chi connectivity index (χ1v) is 11.8. The van der Waals surface area contributed by atoms with E-state index < -0.39 is 0 Å². The van der Waals surface area contributed by atoms with Crippen LogP contribution in [0.3, 0.4) is 0 Å². The number of oxazole rings is 1. The van der Waals surface area contributed by atoms with Crippen molar-refractivity contribution in [1.82, 2.24) is 14.8 Å². The van der Waals surface area contributed by atoms with Gasteiger partial charge in [0.25, 0.3) is 0 Å². The van der Waals surface area contributed by atoms with E-state index in [1.807, 2.05) is 53.4 Å². The van der Waals surface area contributed by atoms with Crippen molar-refractivity contribution in [2.45, 2.75) is 38.8 Å². The molecule has 6 heteroatoms. The second-order valence-corrected chi connectivity index (χ2v) is 8.61. The van der Waals surface area contributed by atoms with Crippen LogP contribution in [0.1, 0.15) is 31.2 Å². The van der Waals surface area contributed by atoms with Gasteiger partial charge in [-0.05, 0) is 18.9 Å². The minimum Gasteiger partial charge on any atom is -0.441 e. The third kappa shape index (κ3) is 6.76. The molecule has 1 saturated heterocycles. The van der Waals surface area contributed by atoms with Gasteiger partial charge in [0.1, 0.15) is 0 Å². The number of hydrogen-bond acceptors (Lipinski definition) is 5. The molecule has 1 atom stereocenters. The molecule has 1 aromatic heterocycles. The lowest BCUT2D eigenvalue weighted by Gasteiger charge is -2.35. The minimum atomic E-state index is 0.127. The summed E-state index contributed by atoms with van der Waals surface area (Å²) in [5.74, 6) is 1.62. The van der Waals surface area contributed by atoms with Crippen molar-refractivity contribution >= 4 is 5.91 Å². The fourth-order valence-corrected chi connectivity index (χ4v) is 4.22. The van der Waals surface area contributed by atoms with Crippen LogP contribution >= 0.6 is 0 Å². The fraction of sp³-hybridized carbons (Fsp3) is 0.407. The van der Waals surface area contributed by atoms with Gasteiger partial charge >= 0.3 is 0 Å².